The Bertz CT molecular complexity index is 1190. The van der Waals surface area contributed by atoms with Gasteiger partial charge in [-0.1, -0.05) is 26.7 Å². The Balaban J connectivity index is 1.53. The molecule has 2 atom stereocenters. The van der Waals surface area contributed by atoms with Crippen LogP contribution in [-0.2, 0) is 12.8 Å². The van der Waals surface area contributed by atoms with E-state index in [-0.39, 0.29) is 0 Å². The van der Waals surface area contributed by atoms with Gasteiger partial charge in [-0.05, 0) is 66.5 Å². The van der Waals surface area contributed by atoms with Crippen molar-refractivity contribution in [3.63, 3.8) is 0 Å². The van der Waals surface area contributed by atoms with Gasteiger partial charge in [0.15, 0.2) is 0 Å². The molecule has 2 unspecified atom stereocenters. The van der Waals surface area contributed by atoms with E-state index in [4.69, 9.17) is 0 Å². The van der Waals surface area contributed by atoms with Gasteiger partial charge < -0.3 is 4.90 Å². The number of rotatable bonds is 3. The molecule has 1 nitrogen and oxygen atoms in total. The highest BCUT2D eigenvalue weighted by Gasteiger charge is 2.32. The predicted molar refractivity (Wildman–Crippen MR) is 132 cm³/mol. The van der Waals surface area contributed by atoms with Crippen molar-refractivity contribution in [2.45, 2.75) is 46.5 Å². The molecular weight excluding hydrogens is 410 g/mol. The van der Waals surface area contributed by atoms with E-state index < -0.39 is 0 Å². The molecule has 6 rings (SSSR count). The number of aryl methyl sites for hydroxylation is 1. The molecule has 0 aliphatic carbocycles. The van der Waals surface area contributed by atoms with Crippen molar-refractivity contribution in [2.24, 2.45) is 11.8 Å². The zero-order chi connectivity index (χ0) is 19.7. The van der Waals surface area contributed by atoms with E-state index in [0.29, 0.717) is 0 Å². The SMILES string of the molecule is CCC1Cc2cc(-c3csc4c3sc3cc(C)sc34)cc3c2N(C1)CC(CC)C3. The van der Waals surface area contributed by atoms with Crippen LogP contribution >= 0.6 is 34.0 Å². The molecule has 150 valence electrons. The van der Waals surface area contributed by atoms with E-state index in [1.807, 2.05) is 34.0 Å². The zero-order valence-corrected chi connectivity index (χ0v) is 19.8. The first-order valence-corrected chi connectivity index (χ1v) is 13.5. The normalized spacial score (nSPS) is 21.3. The first kappa shape index (κ1) is 18.4. The van der Waals surface area contributed by atoms with Gasteiger partial charge in [-0.25, -0.2) is 0 Å². The Hall–Kier alpha value is -1.36. The fraction of sp³-hybridized carbons (Fsp3) is 0.440. The van der Waals surface area contributed by atoms with Gasteiger partial charge in [0, 0.05) is 39.3 Å². The van der Waals surface area contributed by atoms with Crippen LogP contribution in [0.25, 0.3) is 29.9 Å². The molecule has 1 aromatic carbocycles. The van der Waals surface area contributed by atoms with Gasteiger partial charge in [0.25, 0.3) is 0 Å². The lowest BCUT2D eigenvalue weighted by atomic mass is 9.81. The van der Waals surface area contributed by atoms with Gasteiger partial charge in [0.1, 0.15) is 0 Å². The van der Waals surface area contributed by atoms with E-state index in [0.717, 1.165) is 11.8 Å². The topological polar surface area (TPSA) is 3.24 Å². The third-order valence-corrected chi connectivity index (χ3v) is 10.6. The van der Waals surface area contributed by atoms with Gasteiger partial charge in [0.05, 0.1) is 14.1 Å². The van der Waals surface area contributed by atoms with Crippen LogP contribution in [0.15, 0.2) is 23.6 Å². The van der Waals surface area contributed by atoms with Crippen LogP contribution in [0.3, 0.4) is 0 Å². The van der Waals surface area contributed by atoms with Crippen molar-refractivity contribution in [1.29, 1.82) is 0 Å². The minimum absolute atomic E-state index is 0.804. The second kappa shape index (κ2) is 6.83. The van der Waals surface area contributed by atoms with Crippen molar-refractivity contribution < 1.29 is 0 Å². The highest BCUT2D eigenvalue weighted by atomic mass is 32.1. The van der Waals surface area contributed by atoms with Gasteiger partial charge in [-0.2, -0.15) is 0 Å². The summed E-state index contributed by atoms with van der Waals surface area (Å²) in [6.07, 6.45) is 5.09. The molecule has 29 heavy (non-hydrogen) atoms. The van der Waals surface area contributed by atoms with E-state index >= 15 is 0 Å². The van der Waals surface area contributed by atoms with Crippen LogP contribution in [0.1, 0.15) is 42.7 Å². The quantitative estimate of drug-likeness (QED) is 0.313. The molecule has 0 bridgehead atoms. The second-order valence-corrected chi connectivity index (χ2v) is 12.2. The number of fused-ring (bicyclic) bond motifs is 3. The average Bonchev–Trinajstić information content (AvgIpc) is 3.37. The summed E-state index contributed by atoms with van der Waals surface area (Å²) in [5, 5.41) is 2.42. The predicted octanol–water partition coefficient (Wildman–Crippen LogP) is 8.12. The molecule has 4 aromatic rings. The highest BCUT2D eigenvalue weighted by molar-refractivity contribution is 7.38. The summed E-state index contributed by atoms with van der Waals surface area (Å²) >= 11 is 5.90. The van der Waals surface area contributed by atoms with Gasteiger partial charge >= 0.3 is 0 Å². The lowest BCUT2D eigenvalue weighted by Crippen LogP contribution is -2.42. The highest BCUT2D eigenvalue weighted by Crippen LogP contribution is 2.49. The summed E-state index contributed by atoms with van der Waals surface area (Å²) in [5.74, 6) is 1.61. The van der Waals surface area contributed by atoms with Crippen LogP contribution in [0.5, 0.6) is 0 Å². The first-order chi connectivity index (χ1) is 14.1. The van der Waals surface area contributed by atoms with Crippen molar-refractivity contribution in [2.75, 3.05) is 18.0 Å². The fourth-order valence-electron chi connectivity index (χ4n) is 5.45. The molecule has 0 radical (unpaired) electrons. The minimum Gasteiger partial charge on any atom is -0.371 e. The summed E-state index contributed by atoms with van der Waals surface area (Å²) in [4.78, 5) is 4.16. The molecular formula is C25H27NS3. The van der Waals surface area contributed by atoms with E-state index in [1.54, 1.807) is 16.8 Å². The number of hydrogen-bond donors (Lipinski definition) is 0. The second-order valence-electron chi connectivity index (χ2n) is 8.96. The maximum Gasteiger partial charge on any atom is 0.0635 e. The van der Waals surface area contributed by atoms with Gasteiger partial charge in [-0.3, -0.25) is 0 Å². The van der Waals surface area contributed by atoms with Gasteiger partial charge in [0.2, 0.25) is 0 Å². The van der Waals surface area contributed by atoms with E-state index in [9.17, 15) is 0 Å². The Morgan fingerprint density at radius 1 is 0.897 bits per heavy atom. The monoisotopic (exact) mass is 437 g/mol. The summed E-state index contributed by atoms with van der Waals surface area (Å²) in [7, 11) is 0. The van der Waals surface area contributed by atoms with Crippen molar-refractivity contribution in [1.82, 2.24) is 0 Å². The Labute approximate surface area is 185 Å². The van der Waals surface area contributed by atoms with Crippen LogP contribution in [0.4, 0.5) is 5.69 Å². The van der Waals surface area contributed by atoms with Crippen LogP contribution in [-0.4, -0.2) is 13.1 Å². The largest absolute Gasteiger partial charge is 0.371 e. The average molecular weight is 438 g/mol. The summed E-state index contributed by atoms with van der Waals surface area (Å²) in [6, 6.07) is 7.45. The Morgan fingerprint density at radius 2 is 1.59 bits per heavy atom. The molecule has 0 fully saturated rings. The summed E-state index contributed by atoms with van der Waals surface area (Å²) < 4.78 is 5.98. The molecule has 0 amide bonds. The lowest BCUT2D eigenvalue weighted by Gasteiger charge is -2.43. The smallest absolute Gasteiger partial charge is 0.0635 e. The Morgan fingerprint density at radius 3 is 2.24 bits per heavy atom. The zero-order valence-electron chi connectivity index (χ0n) is 17.4. The van der Waals surface area contributed by atoms with Crippen LogP contribution in [0, 0.1) is 18.8 Å². The molecule has 0 N–H and O–H groups in total. The lowest BCUT2D eigenvalue weighted by molar-refractivity contribution is 0.413. The first-order valence-electron chi connectivity index (χ1n) is 11.0. The van der Waals surface area contributed by atoms with Gasteiger partial charge in [-0.15, -0.1) is 34.0 Å². The number of nitrogens with zero attached hydrogens (tertiary/aromatic N) is 1. The number of anilines is 1. The fourth-order valence-corrected chi connectivity index (χ4v) is 9.43. The molecule has 0 saturated heterocycles. The summed E-state index contributed by atoms with van der Waals surface area (Å²) in [5.41, 5.74) is 7.75. The Kier molecular flexibility index (Phi) is 4.34. The number of thiophene rings is 3. The van der Waals surface area contributed by atoms with Crippen LogP contribution in [0.2, 0.25) is 0 Å². The van der Waals surface area contributed by atoms with E-state index in [2.05, 4.69) is 49.3 Å². The molecule has 2 aliphatic rings. The van der Waals surface area contributed by atoms with E-state index in [1.165, 1.54) is 73.6 Å². The summed E-state index contributed by atoms with van der Waals surface area (Å²) in [6.45, 7) is 9.48. The van der Waals surface area contributed by atoms with Crippen molar-refractivity contribution in [3.8, 4) is 11.1 Å². The van der Waals surface area contributed by atoms with Crippen molar-refractivity contribution in [3.05, 3.63) is 39.6 Å². The number of hydrogen-bond acceptors (Lipinski definition) is 4. The molecule has 0 saturated carbocycles. The standard InChI is InChI=1S/C25H27NS3/c1-4-15-7-18-9-17(10-19-8-16(5-2)12-26(11-15)22(18)19)20-13-27-25-23(20)29-21-6-14(3)28-24(21)25/h6,9-10,13,15-16H,4-5,7-8,11-12H2,1-3H3. The molecule has 2 aliphatic heterocycles. The third kappa shape index (κ3) is 2.83. The third-order valence-electron chi connectivity index (χ3n) is 7.01. The molecule has 4 heteroatoms. The molecule has 3 aromatic heterocycles. The maximum absolute atomic E-state index is 2.73. The van der Waals surface area contributed by atoms with Crippen LogP contribution < -0.4 is 4.90 Å². The molecule has 0 spiro atoms. The maximum atomic E-state index is 2.73. The molecule has 5 heterocycles. The minimum atomic E-state index is 0.804. The number of benzene rings is 1. The van der Waals surface area contributed by atoms with Crippen molar-refractivity contribution >= 4 is 58.5 Å².